The summed E-state index contributed by atoms with van der Waals surface area (Å²) in [6.07, 6.45) is 4.40. The van der Waals surface area contributed by atoms with Gasteiger partial charge in [-0.25, -0.2) is 4.39 Å². The third-order valence-electron chi connectivity index (χ3n) is 4.80. The van der Waals surface area contributed by atoms with E-state index in [4.69, 9.17) is 4.74 Å². The molecule has 2 aromatic rings. The highest BCUT2D eigenvalue weighted by Crippen LogP contribution is 2.22. The Morgan fingerprint density at radius 1 is 1.21 bits per heavy atom. The van der Waals surface area contributed by atoms with Crippen molar-refractivity contribution in [2.24, 2.45) is 5.92 Å². The third kappa shape index (κ3) is 4.99. The standard InChI is InChI=1S/C22H23FN2O4/c1-2-29-22(28)17-6-5-12-24(15-17)21(27)19(25-13-4-3-7-20(25)26)14-16-8-10-18(23)11-9-16/h3-4,7-11,13-14,17H,2,5-6,12,15H2,1H3/b19-14+/t17-/m0/s1. The summed E-state index contributed by atoms with van der Waals surface area (Å²) in [5, 5.41) is 0. The SMILES string of the molecule is CCOC(=O)[C@H]1CCCN(C(=O)/C(=C\c2ccc(F)cc2)n2ccccc2=O)C1. The average molecular weight is 398 g/mol. The summed E-state index contributed by atoms with van der Waals surface area (Å²) in [5.41, 5.74) is 0.379. The third-order valence-corrected chi connectivity index (χ3v) is 4.80. The van der Waals surface area contributed by atoms with Crippen molar-refractivity contribution in [1.29, 1.82) is 0 Å². The number of esters is 1. The molecule has 7 heteroatoms. The van der Waals surface area contributed by atoms with Crippen molar-refractivity contribution in [3.05, 3.63) is 70.4 Å². The highest BCUT2D eigenvalue weighted by atomic mass is 19.1. The molecule has 29 heavy (non-hydrogen) atoms. The zero-order chi connectivity index (χ0) is 20.8. The van der Waals surface area contributed by atoms with E-state index in [9.17, 15) is 18.8 Å². The summed E-state index contributed by atoms with van der Waals surface area (Å²) < 4.78 is 19.6. The number of benzene rings is 1. The van der Waals surface area contributed by atoms with E-state index in [-0.39, 0.29) is 41.4 Å². The maximum Gasteiger partial charge on any atom is 0.310 e. The first-order valence-corrected chi connectivity index (χ1v) is 9.61. The normalized spacial score (nSPS) is 17.1. The second-order valence-corrected chi connectivity index (χ2v) is 6.83. The molecule has 1 aliphatic rings. The molecule has 0 unspecified atom stereocenters. The minimum Gasteiger partial charge on any atom is -0.466 e. The molecule has 1 saturated heterocycles. The molecule has 1 aliphatic heterocycles. The fraction of sp³-hybridized carbons (Fsp3) is 0.318. The number of hydrogen-bond acceptors (Lipinski definition) is 4. The number of hydrogen-bond donors (Lipinski definition) is 0. The molecule has 1 fully saturated rings. The number of pyridine rings is 1. The molecule has 0 radical (unpaired) electrons. The zero-order valence-electron chi connectivity index (χ0n) is 16.2. The average Bonchev–Trinajstić information content (AvgIpc) is 2.74. The summed E-state index contributed by atoms with van der Waals surface area (Å²) >= 11 is 0. The van der Waals surface area contributed by atoms with E-state index in [1.807, 2.05) is 0 Å². The van der Waals surface area contributed by atoms with Crippen LogP contribution in [0, 0.1) is 11.7 Å². The number of ether oxygens (including phenoxy) is 1. The van der Waals surface area contributed by atoms with Gasteiger partial charge in [0.05, 0.1) is 12.5 Å². The Labute approximate surface area is 168 Å². The van der Waals surface area contributed by atoms with Gasteiger partial charge in [0.2, 0.25) is 0 Å². The molecular formula is C22H23FN2O4. The first-order chi connectivity index (χ1) is 14.0. The van der Waals surface area contributed by atoms with Gasteiger partial charge < -0.3 is 9.64 Å². The van der Waals surface area contributed by atoms with Crippen LogP contribution in [0.1, 0.15) is 25.3 Å². The molecule has 2 heterocycles. The molecule has 1 amide bonds. The van der Waals surface area contributed by atoms with Crippen LogP contribution in [0.2, 0.25) is 0 Å². The molecule has 1 aromatic heterocycles. The second kappa shape index (κ2) is 9.32. The van der Waals surface area contributed by atoms with Crippen LogP contribution in [0.3, 0.4) is 0 Å². The highest BCUT2D eigenvalue weighted by molar-refractivity contribution is 6.18. The summed E-state index contributed by atoms with van der Waals surface area (Å²) in [7, 11) is 0. The summed E-state index contributed by atoms with van der Waals surface area (Å²) in [5.74, 6) is -1.45. The van der Waals surface area contributed by atoms with Gasteiger partial charge in [0.15, 0.2) is 0 Å². The molecule has 0 bridgehead atoms. The Balaban J connectivity index is 1.94. The van der Waals surface area contributed by atoms with Crippen LogP contribution in [0.5, 0.6) is 0 Å². The fourth-order valence-corrected chi connectivity index (χ4v) is 3.35. The van der Waals surface area contributed by atoms with Crippen molar-refractivity contribution in [2.45, 2.75) is 19.8 Å². The van der Waals surface area contributed by atoms with Gasteiger partial charge in [0.1, 0.15) is 11.5 Å². The number of carbonyl (C=O) groups excluding carboxylic acids is 2. The predicted molar refractivity (Wildman–Crippen MR) is 107 cm³/mol. The fourth-order valence-electron chi connectivity index (χ4n) is 3.35. The highest BCUT2D eigenvalue weighted by Gasteiger charge is 2.31. The lowest BCUT2D eigenvalue weighted by atomic mass is 9.98. The van der Waals surface area contributed by atoms with Crippen molar-refractivity contribution in [3.63, 3.8) is 0 Å². The Morgan fingerprint density at radius 2 is 1.97 bits per heavy atom. The Kier molecular flexibility index (Phi) is 6.59. The van der Waals surface area contributed by atoms with Gasteiger partial charge in [0, 0.05) is 25.4 Å². The quantitative estimate of drug-likeness (QED) is 0.574. The smallest absolute Gasteiger partial charge is 0.310 e. The lowest BCUT2D eigenvalue weighted by Gasteiger charge is -2.32. The maximum absolute atomic E-state index is 13.3. The number of carbonyl (C=O) groups is 2. The molecule has 0 N–H and O–H groups in total. The van der Waals surface area contributed by atoms with E-state index < -0.39 is 0 Å². The van der Waals surface area contributed by atoms with E-state index in [2.05, 4.69) is 0 Å². The lowest BCUT2D eigenvalue weighted by molar-refractivity contribution is -0.150. The minimum atomic E-state index is -0.389. The number of nitrogens with zero attached hydrogens (tertiary/aromatic N) is 2. The summed E-state index contributed by atoms with van der Waals surface area (Å²) in [6, 6.07) is 10.3. The molecule has 1 atom stereocenters. The molecule has 1 aromatic carbocycles. The number of piperidine rings is 1. The van der Waals surface area contributed by atoms with E-state index in [1.54, 1.807) is 30.0 Å². The molecule has 6 nitrogen and oxygen atoms in total. The van der Waals surface area contributed by atoms with E-state index in [0.717, 1.165) is 0 Å². The lowest BCUT2D eigenvalue weighted by Crippen LogP contribution is -2.44. The number of amides is 1. The van der Waals surface area contributed by atoms with Gasteiger partial charge >= 0.3 is 5.97 Å². The Morgan fingerprint density at radius 3 is 2.66 bits per heavy atom. The monoisotopic (exact) mass is 398 g/mol. The van der Waals surface area contributed by atoms with Gasteiger partial charge in [-0.15, -0.1) is 0 Å². The minimum absolute atomic E-state index is 0.145. The summed E-state index contributed by atoms with van der Waals surface area (Å²) in [6.45, 7) is 2.75. The van der Waals surface area contributed by atoms with E-state index in [1.165, 1.54) is 41.1 Å². The molecule has 152 valence electrons. The van der Waals surface area contributed by atoms with Crippen LogP contribution in [0.25, 0.3) is 11.8 Å². The van der Waals surface area contributed by atoms with E-state index in [0.29, 0.717) is 31.6 Å². The van der Waals surface area contributed by atoms with Crippen molar-refractivity contribution >= 4 is 23.6 Å². The molecular weight excluding hydrogens is 375 g/mol. The number of likely N-dealkylation sites (tertiary alicyclic amines) is 1. The zero-order valence-corrected chi connectivity index (χ0v) is 16.2. The second-order valence-electron chi connectivity index (χ2n) is 6.83. The van der Waals surface area contributed by atoms with Gasteiger partial charge in [-0.1, -0.05) is 18.2 Å². The van der Waals surface area contributed by atoms with Crippen molar-refractivity contribution in [2.75, 3.05) is 19.7 Å². The van der Waals surface area contributed by atoms with Crippen LogP contribution in [-0.4, -0.2) is 41.0 Å². The van der Waals surface area contributed by atoms with Crippen LogP contribution < -0.4 is 5.56 Å². The number of aromatic nitrogens is 1. The van der Waals surface area contributed by atoms with Crippen LogP contribution in [0.4, 0.5) is 4.39 Å². The van der Waals surface area contributed by atoms with E-state index >= 15 is 0 Å². The Bertz CT molecular complexity index is 965. The van der Waals surface area contributed by atoms with Gasteiger partial charge in [-0.3, -0.25) is 19.0 Å². The topological polar surface area (TPSA) is 68.6 Å². The first kappa shape index (κ1) is 20.5. The van der Waals surface area contributed by atoms with Crippen LogP contribution >= 0.6 is 0 Å². The van der Waals surface area contributed by atoms with Crippen molar-refractivity contribution < 1.29 is 18.7 Å². The maximum atomic E-state index is 13.3. The number of halogens is 1. The van der Waals surface area contributed by atoms with Gasteiger partial charge in [-0.05, 0) is 49.6 Å². The molecule has 3 rings (SSSR count). The largest absolute Gasteiger partial charge is 0.466 e. The predicted octanol–water partition coefficient (Wildman–Crippen LogP) is 2.79. The molecule has 0 aliphatic carbocycles. The van der Waals surface area contributed by atoms with Crippen LogP contribution in [0.15, 0.2) is 53.5 Å². The van der Waals surface area contributed by atoms with Gasteiger partial charge in [-0.2, -0.15) is 0 Å². The Hall–Kier alpha value is -3.22. The number of rotatable bonds is 5. The first-order valence-electron chi connectivity index (χ1n) is 9.61. The van der Waals surface area contributed by atoms with Gasteiger partial charge in [0.25, 0.3) is 11.5 Å². The van der Waals surface area contributed by atoms with Crippen molar-refractivity contribution in [1.82, 2.24) is 9.47 Å². The molecule has 0 spiro atoms. The summed E-state index contributed by atoms with van der Waals surface area (Å²) in [4.78, 5) is 39.4. The molecule has 0 saturated carbocycles. The van der Waals surface area contributed by atoms with Crippen LogP contribution in [-0.2, 0) is 14.3 Å². The van der Waals surface area contributed by atoms with Crippen molar-refractivity contribution in [3.8, 4) is 0 Å².